The standard InChI is InChI=1S/C12H17NO2/c1-9-4-5-10(8-13-9)11(14)12(15)6-2-3-7-12/h4-5,8,11,14-15H,2-3,6-7H2,1H3. The van der Waals surface area contributed by atoms with Gasteiger partial charge in [-0.1, -0.05) is 18.9 Å². The Labute approximate surface area is 89.8 Å². The van der Waals surface area contributed by atoms with E-state index in [0.717, 1.165) is 18.5 Å². The molecule has 1 aromatic rings. The Morgan fingerprint density at radius 1 is 1.33 bits per heavy atom. The average molecular weight is 207 g/mol. The van der Waals surface area contributed by atoms with E-state index in [9.17, 15) is 10.2 Å². The van der Waals surface area contributed by atoms with E-state index in [1.54, 1.807) is 6.20 Å². The van der Waals surface area contributed by atoms with Crippen LogP contribution in [0.1, 0.15) is 43.0 Å². The van der Waals surface area contributed by atoms with Crippen molar-refractivity contribution >= 4 is 0 Å². The molecule has 1 unspecified atom stereocenters. The van der Waals surface area contributed by atoms with Crippen LogP contribution in [-0.2, 0) is 0 Å². The van der Waals surface area contributed by atoms with Crippen LogP contribution in [0.25, 0.3) is 0 Å². The molecule has 3 nitrogen and oxygen atoms in total. The van der Waals surface area contributed by atoms with Crippen molar-refractivity contribution in [2.75, 3.05) is 0 Å². The van der Waals surface area contributed by atoms with Crippen LogP contribution in [0.2, 0.25) is 0 Å². The average Bonchev–Trinajstić information content (AvgIpc) is 2.67. The molecule has 0 saturated heterocycles. The molecule has 15 heavy (non-hydrogen) atoms. The SMILES string of the molecule is Cc1ccc(C(O)C2(O)CCCC2)cn1. The molecule has 0 spiro atoms. The van der Waals surface area contributed by atoms with Crippen molar-refractivity contribution in [1.29, 1.82) is 0 Å². The molecule has 1 aromatic heterocycles. The molecule has 1 atom stereocenters. The van der Waals surface area contributed by atoms with E-state index in [1.165, 1.54) is 0 Å². The van der Waals surface area contributed by atoms with Gasteiger partial charge in [0.15, 0.2) is 0 Å². The second-order valence-corrected chi connectivity index (χ2v) is 4.45. The fraction of sp³-hybridized carbons (Fsp3) is 0.583. The third kappa shape index (κ3) is 2.03. The first kappa shape index (κ1) is 10.6. The molecule has 82 valence electrons. The summed E-state index contributed by atoms with van der Waals surface area (Å²) in [4.78, 5) is 4.13. The number of hydrogen-bond acceptors (Lipinski definition) is 3. The smallest absolute Gasteiger partial charge is 0.109 e. The van der Waals surface area contributed by atoms with Crippen LogP contribution in [-0.4, -0.2) is 20.8 Å². The Balaban J connectivity index is 2.19. The molecule has 2 rings (SSSR count). The fourth-order valence-corrected chi connectivity index (χ4v) is 2.21. The van der Waals surface area contributed by atoms with Gasteiger partial charge < -0.3 is 10.2 Å². The normalized spacial score (nSPS) is 21.5. The van der Waals surface area contributed by atoms with Crippen LogP contribution in [0.5, 0.6) is 0 Å². The largest absolute Gasteiger partial charge is 0.387 e. The third-order valence-corrected chi connectivity index (χ3v) is 3.23. The van der Waals surface area contributed by atoms with E-state index in [0.29, 0.717) is 18.4 Å². The lowest BCUT2D eigenvalue weighted by molar-refractivity contribution is -0.0720. The minimum atomic E-state index is -0.934. The van der Waals surface area contributed by atoms with Crippen LogP contribution in [0.3, 0.4) is 0 Å². The van der Waals surface area contributed by atoms with Gasteiger partial charge in [-0.3, -0.25) is 4.98 Å². The van der Waals surface area contributed by atoms with Crippen molar-refractivity contribution in [2.24, 2.45) is 0 Å². The minimum Gasteiger partial charge on any atom is -0.387 e. The predicted octanol–water partition coefficient (Wildman–Crippen LogP) is 1.73. The first-order valence-corrected chi connectivity index (χ1v) is 5.45. The molecule has 1 heterocycles. The number of aliphatic hydroxyl groups excluding tert-OH is 1. The van der Waals surface area contributed by atoms with Gasteiger partial charge >= 0.3 is 0 Å². The number of aliphatic hydroxyl groups is 2. The molecule has 0 amide bonds. The summed E-state index contributed by atoms with van der Waals surface area (Å²) in [5, 5.41) is 20.3. The van der Waals surface area contributed by atoms with Gasteiger partial charge in [0.25, 0.3) is 0 Å². The Hall–Kier alpha value is -0.930. The van der Waals surface area contributed by atoms with Crippen molar-refractivity contribution in [3.8, 4) is 0 Å². The maximum Gasteiger partial charge on any atom is 0.109 e. The first-order chi connectivity index (χ1) is 7.12. The highest BCUT2D eigenvalue weighted by atomic mass is 16.3. The molecule has 1 aliphatic rings. The molecule has 2 N–H and O–H groups in total. The van der Waals surface area contributed by atoms with Crippen molar-refractivity contribution in [3.05, 3.63) is 29.6 Å². The van der Waals surface area contributed by atoms with Gasteiger partial charge in [0.05, 0.1) is 5.60 Å². The maximum absolute atomic E-state index is 10.2. The van der Waals surface area contributed by atoms with Crippen LogP contribution in [0.4, 0.5) is 0 Å². The Bertz CT molecular complexity index is 328. The monoisotopic (exact) mass is 207 g/mol. The second-order valence-electron chi connectivity index (χ2n) is 4.45. The summed E-state index contributed by atoms with van der Waals surface area (Å²) < 4.78 is 0. The Morgan fingerprint density at radius 3 is 2.53 bits per heavy atom. The zero-order valence-electron chi connectivity index (χ0n) is 8.98. The van der Waals surface area contributed by atoms with Crippen LogP contribution in [0, 0.1) is 6.92 Å². The molecular weight excluding hydrogens is 190 g/mol. The fourth-order valence-electron chi connectivity index (χ4n) is 2.21. The van der Waals surface area contributed by atoms with Gasteiger partial charge in [-0.15, -0.1) is 0 Å². The number of nitrogens with zero attached hydrogens (tertiary/aromatic N) is 1. The number of aromatic nitrogens is 1. The van der Waals surface area contributed by atoms with Crippen LogP contribution in [0.15, 0.2) is 18.3 Å². The van der Waals surface area contributed by atoms with Gasteiger partial charge in [-0.25, -0.2) is 0 Å². The summed E-state index contributed by atoms with van der Waals surface area (Å²) in [5.74, 6) is 0. The molecule has 0 bridgehead atoms. The summed E-state index contributed by atoms with van der Waals surface area (Å²) in [6.07, 6.45) is 4.20. The lowest BCUT2D eigenvalue weighted by atomic mass is 9.90. The van der Waals surface area contributed by atoms with Gasteiger partial charge in [0, 0.05) is 17.5 Å². The number of pyridine rings is 1. The topological polar surface area (TPSA) is 53.4 Å². The van der Waals surface area contributed by atoms with Crippen LogP contribution < -0.4 is 0 Å². The van der Waals surface area contributed by atoms with E-state index >= 15 is 0 Å². The number of rotatable bonds is 2. The zero-order chi connectivity index (χ0) is 10.9. The molecule has 1 saturated carbocycles. The molecule has 0 radical (unpaired) electrons. The first-order valence-electron chi connectivity index (χ1n) is 5.45. The molecular formula is C12H17NO2. The number of hydrogen-bond donors (Lipinski definition) is 2. The van der Waals surface area contributed by atoms with E-state index in [-0.39, 0.29) is 0 Å². The summed E-state index contributed by atoms with van der Waals surface area (Å²) >= 11 is 0. The highest BCUT2D eigenvalue weighted by Gasteiger charge is 2.39. The Morgan fingerprint density at radius 2 is 2.00 bits per heavy atom. The Kier molecular flexibility index (Phi) is 2.76. The summed E-state index contributed by atoms with van der Waals surface area (Å²) in [6.45, 7) is 1.90. The molecule has 3 heteroatoms. The quantitative estimate of drug-likeness (QED) is 0.776. The second kappa shape index (κ2) is 3.91. The zero-order valence-corrected chi connectivity index (χ0v) is 8.98. The third-order valence-electron chi connectivity index (χ3n) is 3.23. The van der Waals surface area contributed by atoms with Gasteiger partial charge in [0.1, 0.15) is 6.10 Å². The van der Waals surface area contributed by atoms with Crippen molar-refractivity contribution in [2.45, 2.75) is 44.3 Å². The van der Waals surface area contributed by atoms with Gasteiger partial charge in [-0.05, 0) is 25.8 Å². The van der Waals surface area contributed by atoms with Crippen molar-refractivity contribution in [3.63, 3.8) is 0 Å². The summed E-state index contributed by atoms with van der Waals surface area (Å²) in [5.41, 5.74) is 0.700. The summed E-state index contributed by atoms with van der Waals surface area (Å²) in [7, 11) is 0. The molecule has 1 aliphatic carbocycles. The lowest BCUT2D eigenvalue weighted by Gasteiger charge is -2.28. The predicted molar refractivity (Wildman–Crippen MR) is 57.4 cm³/mol. The van der Waals surface area contributed by atoms with Gasteiger partial charge in [-0.2, -0.15) is 0 Å². The highest BCUT2D eigenvalue weighted by Crippen LogP contribution is 2.39. The lowest BCUT2D eigenvalue weighted by Crippen LogP contribution is -2.32. The summed E-state index contributed by atoms with van der Waals surface area (Å²) in [6, 6.07) is 3.69. The molecule has 0 aliphatic heterocycles. The van der Waals surface area contributed by atoms with E-state index in [2.05, 4.69) is 4.98 Å². The molecule has 0 aromatic carbocycles. The van der Waals surface area contributed by atoms with Gasteiger partial charge in [0.2, 0.25) is 0 Å². The van der Waals surface area contributed by atoms with E-state index in [1.807, 2.05) is 19.1 Å². The van der Waals surface area contributed by atoms with E-state index < -0.39 is 11.7 Å². The van der Waals surface area contributed by atoms with E-state index in [4.69, 9.17) is 0 Å². The van der Waals surface area contributed by atoms with Crippen molar-refractivity contribution in [1.82, 2.24) is 4.98 Å². The van der Waals surface area contributed by atoms with Crippen LogP contribution >= 0.6 is 0 Å². The molecule has 1 fully saturated rings. The number of aryl methyl sites for hydroxylation is 1. The highest BCUT2D eigenvalue weighted by molar-refractivity contribution is 5.19. The maximum atomic E-state index is 10.2. The minimum absolute atomic E-state index is 0.683. The van der Waals surface area contributed by atoms with Crippen molar-refractivity contribution < 1.29 is 10.2 Å².